The van der Waals surface area contributed by atoms with Gasteiger partial charge in [0.15, 0.2) is 0 Å². The minimum atomic E-state index is -1.52. The zero-order chi connectivity index (χ0) is 74.4. The van der Waals surface area contributed by atoms with Crippen LogP contribution in [0.25, 0.3) is 22.3 Å². The number of benzene rings is 4. The Hall–Kier alpha value is -10.3. The summed E-state index contributed by atoms with van der Waals surface area (Å²) in [6, 6.07) is 24.8. The topological polar surface area (TPSA) is 411 Å². The molecule has 2 aliphatic rings. The largest absolute Gasteiger partial charge is 0.481 e. The van der Waals surface area contributed by atoms with Gasteiger partial charge in [0.2, 0.25) is 29.5 Å². The average molecular weight is 1420 g/mol. The van der Waals surface area contributed by atoms with Crippen LogP contribution in [-0.2, 0) is 57.3 Å². The zero-order valence-corrected chi connectivity index (χ0v) is 58.9. The van der Waals surface area contributed by atoms with Gasteiger partial charge in [0, 0.05) is 57.3 Å². The molecule has 5 atom stereocenters. The first-order valence-corrected chi connectivity index (χ1v) is 34.9. The summed E-state index contributed by atoms with van der Waals surface area (Å²) < 4.78 is 22.4. The number of ether oxygens (including phenoxy) is 4. The molecule has 4 aromatic carbocycles. The van der Waals surface area contributed by atoms with E-state index in [0.29, 0.717) is 38.5 Å². The lowest BCUT2D eigenvalue weighted by atomic mass is 9.98. The molecule has 0 fully saturated rings. The molecule has 4 aromatic rings. The minimum Gasteiger partial charge on any atom is -0.481 e. The summed E-state index contributed by atoms with van der Waals surface area (Å²) in [6.45, 7) is 10.9. The third kappa shape index (κ3) is 27.3. The fourth-order valence-electron chi connectivity index (χ4n) is 11.9. The van der Waals surface area contributed by atoms with Gasteiger partial charge in [-0.2, -0.15) is 0 Å². The number of carbonyl (C=O) groups is 12. The Morgan fingerprint density at radius 2 is 0.686 bits per heavy atom. The molecule has 6 rings (SSSR count). The third-order valence-electron chi connectivity index (χ3n) is 16.9. The van der Waals surface area contributed by atoms with Crippen LogP contribution in [0.4, 0.5) is 19.2 Å². The molecular weight excluding hydrogens is 1320 g/mol. The molecule has 28 nitrogen and oxygen atoms in total. The highest BCUT2D eigenvalue weighted by Crippen LogP contribution is 2.46. The fourth-order valence-corrected chi connectivity index (χ4v) is 11.9. The van der Waals surface area contributed by atoms with Crippen molar-refractivity contribution in [3.05, 3.63) is 119 Å². The van der Waals surface area contributed by atoms with Crippen molar-refractivity contribution in [2.75, 3.05) is 39.4 Å². The van der Waals surface area contributed by atoms with E-state index in [9.17, 15) is 67.7 Å². The van der Waals surface area contributed by atoms with Crippen LogP contribution in [0.3, 0.4) is 0 Å². The normalized spacial score (nSPS) is 13.6. The fraction of sp³-hybridized carbons (Fsp3) is 0.514. The molecule has 0 bridgehead atoms. The number of aliphatic carboxylic acids is 3. The number of fused-ring (bicyclic) bond motifs is 6. The Morgan fingerprint density at radius 1 is 0.353 bits per heavy atom. The van der Waals surface area contributed by atoms with Crippen LogP contribution < -0.4 is 47.9 Å². The van der Waals surface area contributed by atoms with Crippen molar-refractivity contribution in [3.8, 4) is 22.3 Å². The molecule has 0 spiro atoms. The van der Waals surface area contributed by atoms with Crippen LogP contribution in [0.15, 0.2) is 97.1 Å². The van der Waals surface area contributed by atoms with Gasteiger partial charge in [-0.3, -0.25) is 28.8 Å². The molecule has 0 heterocycles. The number of rotatable bonds is 41. The predicted octanol–water partition coefficient (Wildman–Crippen LogP) is 8.42. The van der Waals surface area contributed by atoms with Crippen molar-refractivity contribution in [1.29, 1.82) is 0 Å². The first-order valence-electron chi connectivity index (χ1n) is 34.9. The van der Waals surface area contributed by atoms with E-state index in [0.717, 1.165) is 44.5 Å². The second-order valence-corrected chi connectivity index (χ2v) is 27.2. The van der Waals surface area contributed by atoms with Gasteiger partial charge in [-0.25, -0.2) is 28.8 Å². The number of unbranched alkanes of at least 4 members (excludes halogenated alkanes) is 5. The maximum absolute atomic E-state index is 14.6. The van der Waals surface area contributed by atoms with E-state index < -0.39 is 132 Å². The molecule has 0 radical (unpaired) electrons. The van der Waals surface area contributed by atoms with E-state index in [4.69, 9.17) is 24.1 Å². The van der Waals surface area contributed by atoms with Crippen molar-refractivity contribution >= 4 is 71.8 Å². The Kier molecular flexibility index (Phi) is 31.8. The molecule has 12 N–H and O–H groups in total. The van der Waals surface area contributed by atoms with E-state index in [1.165, 1.54) is 0 Å². The SMILES string of the molecule is CC(C)(C)OC(=O)NCCCCC(NC(=O)OCC1c2ccccc2-c2ccccc21)C(=O)NCCCCC(NC(=O)C(CCCCNC(=O)OC(C)(C)C)NC(=O)OCC1c2ccccc2-c2ccccc21)C(=O)NCCCCCC(=O)NC(CCC(=O)NC(CCC(=O)O)C(=O)O)C(=O)O. The number of carbonyl (C=O) groups excluding carboxylic acids is 9. The number of alkyl carbamates (subject to hydrolysis) is 4. The number of carboxylic acid groups (broad SMARTS) is 3. The Labute approximate surface area is 594 Å². The lowest BCUT2D eigenvalue weighted by Crippen LogP contribution is -2.54. The van der Waals surface area contributed by atoms with E-state index >= 15 is 0 Å². The second kappa shape index (κ2) is 40.2. The molecule has 0 saturated carbocycles. The Bertz CT molecular complexity index is 3460. The smallest absolute Gasteiger partial charge is 0.407 e. The summed E-state index contributed by atoms with van der Waals surface area (Å²) in [4.78, 5) is 155. The summed E-state index contributed by atoms with van der Waals surface area (Å²) in [7, 11) is 0. The van der Waals surface area contributed by atoms with E-state index in [1.54, 1.807) is 41.5 Å². The van der Waals surface area contributed by atoms with E-state index in [2.05, 4.69) is 47.9 Å². The average Bonchev–Trinajstić information content (AvgIpc) is 1.63. The molecule has 9 amide bonds. The van der Waals surface area contributed by atoms with Gasteiger partial charge in [-0.1, -0.05) is 103 Å². The maximum atomic E-state index is 14.6. The number of nitrogens with one attached hydrogen (secondary N) is 9. The molecular formula is C74H99N9O19. The van der Waals surface area contributed by atoms with Crippen LogP contribution in [0.5, 0.6) is 0 Å². The Balaban J connectivity index is 1.10. The third-order valence-corrected chi connectivity index (χ3v) is 16.9. The summed E-state index contributed by atoms with van der Waals surface area (Å²) in [6.07, 6.45) is -1.59. The molecule has 0 aliphatic heterocycles. The zero-order valence-electron chi connectivity index (χ0n) is 58.9. The number of hydrogen-bond donors (Lipinski definition) is 12. The van der Waals surface area contributed by atoms with E-state index in [1.807, 2.05) is 97.1 Å². The van der Waals surface area contributed by atoms with Crippen LogP contribution in [0, 0.1) is 0 Å². The van der Waals surface area contributed by atoms with Crippen molar-refractivity contribution < 1.29 is 91.8 Å². The minimum absolute atomic E-state index is 0.00345. The lowest BCUT2D eigenvalue weighted by Gasteiger charge is -2.24. The van der Waals surface area contributed by atoms with Crippen molar-refractivity contribution in [2.45, 2.75) is 204 Å². The molecule has 0 aromatic heterocycles. The number of carboxylic acids is 3. The van der Waals surface area contributed by atoms with Gasteiger partial charge in [-0.15, -0.1) is 0 Å². The highest BCUT2D eigenvalue weighted by atomic mass is 16.6. The van der Waals surface area contributed by atoms with Crippen LogP contribution >= 0.6 is 0 Å². The van der Waals surface area contributed by atoms with Crippen LogP contribution in [0.2, 0.25) is 0 Å². The first kappa shape index (κ1) is 80.7. The summed E-state index contributed by atoms with van der Waals surface area (Å²) in [5.74, 6) is -8.04. The molecule has 102 heavy (non-hydrogen) atoms. The number of hydrogen-bond acceptors (Lipinski definition) is 16. The van der Waals surface area contributed by atoms with Gasteiger partial charge in [0.1, 0.15) is 54.6 Å². The summed E-state index contributed by atoms with van der Waals surface area (Å²) in [5.41, 5.74) is 6.61. The highest BCUT2D eigenvalue weighted by molar-refractivity contribution is 5.92. The van der Waals surface area contributed by atoms with Gasteiger partial charge >= 0.3 is 42.3 Å². The van der Waals surface area contributed by atoms with Gasteiger partial charge < -0.3 is 82.1 Å². The van der Waals surface area contributed by atoms with Gasteiger partial charge in [-0.05, 0) is 170 Å². The quantitative estimate of drug-likeness (QED) is 0.0146. The highest BCUT2D eigenvalue weighted by Gasteiger charge is 2.34. The Morgan fingerprint density at radius 3 is 1.06 bits per heavy atom. The second-order valence-electron chi connectivity index (χ2n) is 27.2. The van der Waals surface area contributed by atoms with Crippen molar-refractivity contribution in [2.24, 2.45) is 0 Å². The standard InChI is InChI=1S/C74H99N9O19/c1-73(2,3)101-69(95)77-42-22-18-33-57(82-71(97)99-44-54-50-28-13-9-24-46(50)47-25-10-14-29-51(47)54)65(89)76-41-21-17-32-56(64(88)75-40-20-7-8-35-61(84)79-59(67(91)92)36-38-62(85)80-60(68(93)94)37-39-63(86)87)81-66(90)58(34-19-23-43-78-70(96)102-74(4,5)6)83-72(98)100-45-55-52-30-15-11-26-48(52)49-27-12-16-31-53(49)55/h9-16,24-31,54-60H,7-8,17-23,32-45H2,1-6H3,(H,75,88)(H,76,89)(H,77,95)(H,78,96)(H,79,84)(H,80,85)(H,81,90)(H,82,97)(H,83,98)(H,86,87)(H,91,92)(H,93,94). The first-order chi connectivity index (χ1) is 48.6. The summed E-state index contributed by atoms with van der Waals surface area (Å²) >= 11 is 0. The lowest BCUT2D eigenvalue weighted by molar-refractivity contribution is -0.144. The summed E-state index contributed by atoms with van der Waals surface area (Å²) in [5, 5.41) is 52.0. The molecule has 554 valence electrons. The van der Waals surface area contributed by atoms with E-state index in [-0.39, 0.29) is 103 Å². The molecule has 0 saturated heterocycles. The van der Waals surface area contributed by atoms with Gasteiger partial charge in [0.05, 0.1) is 0 Å². The van der Waals surface area contributed by atoms with Gasteiger partial charge in [0.25, 0.3) is 0 Å². The molecule has 5 unspecified atom stereocenters. The van der Waals surface area contributed by atoms with Crippen molar-refractivity contribution in [3.63, 3.8) is 0 Å². The maximum Gasteiger partial charge on any atom is 0.407 e. The van der Waals surface area contributed by atoms with Crippen molar-refractivity contribution in [1.82, 2.24) is 47.9 Å². The van der Waals surface area contributed by atoms with Crippen LogP contribution in [0.1, 0.15) is 185 Å². The molecule has 28 heteroatoms. The number of amides is 9. The van der Waals surface area contributed by atoms with Crippen LogP contribution in [-0.4, -0.2) is 168 Å². The molecule has 2 aliphatic carbocycles. The predicted molar refractivity (Wildman–Crippen MR) is 376 cm³/mol. The monoisotopic (exact) mass is 1420 g/mol.